The molecule has 1 aromatic rings. The first kappa shape index (κ1) is 14.5. The van der Waals surface area contributed by atoms with Gasteiger partial charge in [0.25, 0.3) is 0 Å². The molecule has 0 radical (unpaired) electrons. The Balaban J connectivity index is 2.57. The highest BCUT2D eigenvalue weighted by Crippen LogP contribution is 2.10. The third-order valence-corrected chi connectivity index (χ3v) is 3.12. The van der Waals surface area contributed by atoms with Crippen molar-refractivity contribution in [1.82, 2.24) is 5.32 Å². The van der Waals surface area contributed by atoms with Gasteiger partial charge in [0.2, 0.25) is 5.91 Å². The molecule has 1 aromatic carbocycles. The number of hydrogen-bond acceptors (Lipinski definition) is 3. The Kier molecular flexibility index (Phi) is 4.73. The van der Waals surface area contributed by atoms with Crippen LogP contribution in [0.4, 0.5) is 5.69 Å². The number of nitrogens with two attached hydrogens (primary N) is 2. The van der Waals surface area contributed by atoms with Crippen molar-refractivity contribution in [3.63, 3.8) is 0 Å². The predicted octanol–water partition coefficient (Wildman–Crippen LogP) is 1.44. The molecule has 0 spiro atoms. The second-order valence-corrected chi connectivity index (χ2v) is 5.28. The first-order chi connectivity index (χ1) is 8.34. The van der Waals surface area contributed by atoms with Crippen LogP contribution in [-0.2, 0) is 11.2 Å². The van der Waals surface area contributed by atoms with Gasteiger partial charge in [-0.2, -0.15) is 0 Å². The molecular weight excluding hydrogens is 226 g/mol. The Morgan fingerprint density at radius 3 is 2.39 bits per heavy atom. The first-order valence-corrected chi connectivity index (χ1v) is 6.26. The molecule has 5 N–H and O–H groups in total. The summed E-state index contributed by atoms with van der Waals surface area (Å²) in [5.74, 6) is -0.112. The number of nitrogen functional groups attached to an aromatic ring is 1. The van der Waals surface area contributed by atoms with E-state index in [0.29, 0.717) is 12.1 Å². The summed E-state index contributed by atoms with van der Waals surface area (Å²) in [4.78, 5) is 11.9. The molecule has 0 aromatic heterocycles. The van der Waals surface area contributed by atoms with Crippen molar-refractivity contribution in [3.05, 3.63) is 29.8 Å². The molecule has 0 heterocycles. The highest BCUT2D eigenvalue weighted by atomic mass is 16.2. The summed E-state index contributed by atoms with van der Waals surface area (Å²) >= 11 is 0. The van der Waals surface area contributed by atoms with Crippen LogP contribution in [0.15, 0.2) is 24.3 Å². The highest BCUT2D eigenvalue weighted by Gasteiger charge is 2.22. The summed E-state index contributed by atoms with van der Waals surface area (Å²) in [5.41, 5.74) is 13.0. The summed E-state index contributed by atoms with van der Waals surface area (Å²) in [5, 5.41) is 2.95. The Bertz CT molecular complexity index is 398. The Labute approximate surface area is 109 Å². The monoisotopic (exact) mass is 249 g/mol. The van der Waals surface area contributed by atoms with Gasteiger partial charge in [0, 0.05) is 11.2 Å². The molecular formula is C14H23N3O. The molecule has 0 saturated heterocycles. The van der Waals surface area contributed by atoms with Crippen LogP contribution < -0.4 is 16.8 Å². The maximum Gasteiger partial charge on any atom is 0.237 e. The topological polar surface area (TPSA) is 81.1 Å². The molecule has 1 amide bonds. The van der Waals surface area contributed by atoms with E-state index in [0.717, 1.165) is 12.0 Å². The molecule has 1 unspecified atom stereocenters. The molecule has 4 nitrogen and oxygen atoms in total. The van der Waals surface area contributed by atoms with Crippen molar-refractivity contribution in [2.45, 2.75) is 45.2 Å². The Morgan fingerprint density at radius 1 is 1.33 bits per heavy atom. The van der Waals surface area contributed by atoms with Gasteiger partial charge in [0.1, 0.15) is 0 Å². The fourth-order valence-electron chi connectivity index (χ4n) is 1.51. The third-order valence-electron chi connectivity index (χ3n) is 3.12. The number of rotatable bonds is 5. The zero-order valence-electron chi connectivity index (χ0n) is 11.4. The maximum atomic E-state index is 11.9. The van der Waals surface area contributed by atoms with Gasteiger partial charge in [-0.3, -0.25) is 4.79 Å². The highest BCUT2D eigenvalue weighted by molar-refractivity contribution is 5.82. The fourth-order valence-corrected chi connectivity index (χ4v) is 1.51. The molecule has 0 saturated carbocycles. The number of carbonyl (C=O) groups is 1. The van der Waals surface area contributed by atoms with Crippen molar-refractivity contribution in [3.8, 4) is 0 Å². The quantitative estimate of drug-likeness (QED) is 0.691. The summed E-state index contributed by atoms with van der Waals surface area (Å²) < 4.78 is 0. The van der Waals surface area contributed by atoms with Crippen LogP contribution in [0.1, 0.15) is 32.8 Å². The van der Waals surface area contributed by atoms with Gasteiger partial charge >= 0.3 is 0 Å². The minimum atomic E-state index is -0.528. The standard InChI is InChI=1S/C14H23N3O/c1-4-14(2,3)17-13(18)12(16)9-10-5-7-11(15)8-6-10/h5-8,12H,4,9,15-16H2,1-3H3,(H,17,18). The third kappa shape index (κ3) is 4.37. The SMILES string of the molecule is CCC(C)(C)NC(=O)C(N)Cc1ccc(N)cc1. The summed E-state index contributed by atoms with van der Waals surface area (Å²) in [6.07, 6.45) is 1.39. The summed E-state index contributed by atoms with van der Waals surface area (Å²) in [6, 6.07) is 6.90. The van der Waals surface area contributed by atoms with E-state index in [2.05, 4.69) is 5.32 Å². The predicted molar refractivity (Wildman–Crippen MR) is 75.0 cm³/mol. The lowest BCUT2D eigenvalue weighted by Gasteiger charge is -2.26. The number of anilines is 1. The number of hydrogen-bond donors (Lipinski definition) is 3. The van der Waals surface area contributed by atoms with Gasteiger partial charge in [0.15, 0.2) is 0 Å². The van der Waals surface area contributed by atoms with E-state index in [1.54, 1.807) is 0 Å². The molecule has 1 rings (SSSR count). The number of amides is 1. The Morgan fingerprint density at radius 2 is 1.89 bits per heavy atom. The van der Waals surface area contributed by atoms with Gasteiger partial charge < -0.3 is 16.8 Å². The molecule has 0 aliphatic heterocycles. The van der Waals surface area contributed by atoms with E-state index in [1.807, 2.05) is 45.0 Å². The summed E-state index contributed by atoms with van der Waals surface area (Å²) in [7, 11) is 0. The lowest BCUT2D eigenvalue weighted by atomic mass is 10.00. The molecule has 0 bridgehead atoms. The lowest BCUT2D eigenvalue weighted by molar-refractivity contribution is -0.124. The van der Waals surface area contributed by atoms with Crippen LogP contribution in [0, 0.1) is 0 Å². The van der Waals surface area contributed by atoms with Crippen molar-refractivity contribution >= 4 is 11.6 Å². The van der Waals surface area contributed by atoms with Gasteiger partial charge in [-0.15, -0.1) is 0 Å². The van der Waals surface area contributed by atoms with Crippen molar-refractivity contribution in [2.75, 3.05) is 5.73 Å². The lowest BCUT2D eigenvalue weighted by Crippen LogP contribution is -2.50. The molecule has 1 atom stereocenters. The van der Waals surface area contributed by atoms with E-state index in [1.165, 1.54) is 0 Å². The van der Waals surface area contributed by atoms with Crippen LogP contribution in [0.5, 0.6) is 0 Å². The largest absolute Gasteiger partial charge is 0.399 e. The van der Waals surface area contributed by atoms with Crippen LogP contribution in [0.3, 0.4) is 0 Å². The number of carbonyl (C=O) groups excluding carboxylic acids is 1. The van der Waals surface area contributed by atoms with Crippen LogP contribution in [-0.4, -0.2) is 17.5 Å². The number of benzene rings is 1. The van der Waals surface area contributed by atoms with Gasteiger partial charge in [-0.05, 0) is 44.4 Å². The van der Waals surface area contributed by atoms with Gasteiger partial charge in [0.05, 0.1) is 6.04 Å². The fraction of sp³-hybridized carbons (Fsp3) is 0.500. The van der Waals surface area contributed by atoms with E-state index in [4.69, 9.17) is 11.5 Å². The molecule has 0 aliphatic rings. The molecule has 100 valence electrons. The van der Waals surface area contributed by atoms with Gasteiger partial charge in [-0.25, -0.2) is 0 Å². The van der Waals surface area contributed by atoms with E-state index in [9.17, 15) is 4.79 Å². The average molecular weight is 249 g/mol. The average Bonchev–Trinajstić information content (AvgIpc) is 2.31. The van der Waals surface area contributed by atoms with Crippen LogP contribution in [0.2, 0.25) is 0 Å². The number of nitrogens with one attached hydrogen (secondary N) is 1. The van der Waals surface area contributed by atoms with Gasteiger partial charge in [-0.1, -0.05) is 19.1 Å². The zero-order valence-corrected chi connectivity index (χ0v) is 11.4. The van der Waals surface area contributed by atoms with Crippen molar-refractivity contribution in [1.29, 1.82) is 0 Å². The first-order valence-electron chi connectivity index (χ1n) is 6.26. The van der Waals surface area contributed by atoms with Crippen LogP contribution in [0.25, 0.3) is 0 Å². The Hall–Kier alpha value is -1.55. The zero-order chi connectivity index (χ0) is 13.8. The molecule has 4 heteroatoms. The minimum absolute atomic E-state index is 0.112. The normalized spacial score (nSPS) is 13.1. The van der Waals surface area contributed by atoms with E-state index >= 15 is 0 Å². The van der Waals surface area contributed by atoms with Crippen LogP contribution >= 0.6 is 0 Å². The molecule has 18 heavy (non-hydrogen) atoms. The second kappa shape index (κ2) is 5.87. The molecule has 0 fully saturated rings. The van der Waals surface area contributed by atoms with Crippen molar-refractivity contribution < 1.29 is 4.79 Å². The second-order valence-electron chi connectivity index (χ2n) is 5.28. The molecule has 0 aliphatic carbocycles. The maximum absolute atomic E-state index is 11.9. The summed E-state index contributed by atoms with van der Waals surface area (Å²) in [6.45, 7) is 6.01. The van der Waals surface area contributed by atoms with E-state index in [-0.39, 0.29) is 11.4 Å². The minimum Gasteiger partial charge on any atom is -0.399 e. The smallest absolute Gasteiger partial charge is 0.237 e. The van der Waals surface area contributed by atoms with Crippen molar-refractivity contribution in [2.24, 2.45) is 5.73 Å². The van der Waals surface area contributed by atoms with E-state index < -0.39 is 6.04 Å².